The van der Waals surface area contributed by atoms with Crippen LogP contribution in [0.15, 0.2) is 40.2 Å². The van der Waals surface area contributed by atoms with E-state index >= 15 is 0 Å². The molecule has 2 rings (SSSR count). The van der Waals surface area contributed by atoms with Gasteiger partial charge in [0, 0.05) is 12.7 Å². The van der Waals surface area contributed by atoms with Gasteiger partial charge in [0.05, 0.1) is 16.0 Å². The highest BCUT2D eigenvalue weighted by Gasteiger charge is 2.11. The number of carbonyl (C=O) groups excluding carboxylic acids is 2. The molecule has 1 aromatic carbocycles. The van der Waals surface area contributed by atoms with E-state index in [2.05, 4.69) is 26.8 Å². The molecule has 0 spiro atoms. The van der Waals surface area contributed by atoms with Crippen LogP contribution < -0.4 is 15.6 Å². The van der Waals surface area contributed by atoms with Gasteiger partial charge in [-0.2, -0.15) is 0 Å². The van der Waals surface area contributed by atoms with E-state index in [0.717, 1.165) is 0 Å². The standard InChI is InChI=1S/C15H15BrN2O4S/c1-21-6-7-22-12-5-4-10(9-11(12)16)14(19)17-18-15(20)13-3-2-8-23-13/h2-5,8-9H,6-7H2,1H3,(H,17,19)(H,18,20). The van der Waals surface area contributed by atoms with E-state index in [1.807, 2.05) is 0 Å². The molecule has 2 N–H and O–H groups in total. The predicted molar refractivity (Wildman–Crippen MR) is 90.8 cm³/mol. The third-order valence-corrected chi connectivity index (χ3v) is 4.26. The van der Waals surface area contributed by atoms with Crippen molar-refractivity contribution in [2.45, 2.75) is 0 Å². The molecule has 0 aliphatic rings. The van der Waals surface area contributed by atoms with E-state index in [9.17, 15) is 9.59 Å². The lowest BCUT2D eigenvalue weighted by Gasteiger charge is -2.10. The Kier molecular flexibility index (Phi) is 6.57. The second kappa shape index (κ2) is 8.66. The van der Waals surface area contributed by atoms with Crippen molar-refractivity contribution in [3.8, 4) is 5.75 Å². The molecular weight excluding hydrogens is 384 g/mol. The van der Waals surface area contributed by atoms with Gasteiger partial charge in [0.1, 0.15) is 12.4 Å². The highest BCUT2D eigenvalue weighted by atomic mass is 79.9. The van der Waals surface area contributed by atoms with Crippen LogP contribution in [-0.2, 0) is 4.74 Å². The maximum Gasteiger partial charge on any atom is 0.279 e. The van der Waals surface area contributed by atoms with Crippen molar-refractivity contribution in [3.63, 3.8) is 0 Å². The minimum atomic E-state index is -0.418. The maximum absolute atomic E-state index is 12.0. The molecule has 0 radical (unpaired) electrons. The van der Waals surface area contributed by atoms with Gasteiger partial charge in [0.2, 0.25) is 0 Å². The maximum atomic E-state index is 12.0. The van der Waals surface area contributed by atoms with Crippen LogP contribution in [0.5, 0.6) is 5.75 Å². The van der Waals surface area contributed by atoms with E-state index in [4.69, 9.17) is 9.47 Å². The van der Waals surface area contributed by atoms with E-state index < -0.39 is 5.91 Å². The summed E-state index contributed by atoms with van der Waals surface area (Å²) in [4.78, 5) is 24.3. The summed E-state index contributed by atoms with van der Waals surface area (Å²) >= 11 is 4.64. The molecule has 2 amide bonds. The van der Waals surface area contributed by atoms with Crippen molar-refractivity contribution in [2.75, 3.05) is 20.3 Å². The van der Waals surface area contributed by atoms with Crippen LogP contribution in [0.25, 0.3) is 0 Å². The summed E-state index contributed by atoms with van der Waals surface area (Å²) in [5, 5.41) is 1.79. The molecule has 8 heteroatoms. The van der Waals surface area contributed by atoms with Gasteiger partial charge in [-0.25, -0.2) is 0 Å². The third kappa shape index (κ3) is 5.05. The molecule has 0 aliphatic carbocycles. The quantitative estimate of drug-likeness (QED) is 0.579. The van der Waals surface area contributed by atoms with Gasteiger partial charge in [-0.15, -0.1) is 11.3 Å². The number of hydrogen-bond acceptors (Lipinski definition) is 5. The number of carbonyl (C=O) groups is 2. The smallest absolute Gasteiger partial charge is 0.279 e. The zero-order valence-electron chi connectivity index (χ0n) is 12.3. The Hall–Kier alpha value is -1.90. The van der Waals surface area contributed by atoms with E-state index in [1.165, 1.54) is 11.3 Å². The number of thiophene rings is 1. The Balaban J connectivity index is 1.91. The Morgan fingerprint density at radius 2 is 1.96 bits per heavy atom. The van der Waals surface area contributed by atoms with E-state index in [1.54, 1.807) is 42.8 Å². The topological polar surface area (TPSA) is 76.7 Å². The normalized spacial score (nSPS) is 10.2. The number of hydrazine groups is 1. The monoisotopic (exact) mass is 398 g/mol. The first-order valence-electron chi connectivity index (χ1n) is 6.67. The lowest BCUT2D eigenvalue weighted by atomic mass is 10.2. The molecule has 0 aliphatic heterocycles. The summed E-state index contributed by atoms with van der Waals surface area (Å²) in [5.74, 6) is -0.160. The van der Waals surface area contributed by atoms with Gasteiger partial charge in [0.25, 0.3) is 11.8 Å². The van der Waals surface area contributed by atoms with Crippen molar-refractivity contribution in [3.05, 3.63) is 50.6 Å². The molecule has 0 saturated carbocycles. The van der Waals surface area contributed by atoms with Crippen LogP contribution >= 0.6 is 27.3 Å². The number of rotatable bonds is 6. The first-order valence-corrected chi connectivity index (χ1v) is 8.34. The number of ether oxygens (including phenoxy) is 2. The van der Waals surface area contributed by atoms with Gasteiger partial charge < -0.3 is 9.47 Å². The molecule has 0 saturated heterocycles. The fourth-order valence-corrected chi connectivity index (χ4v) is 2.76. The Morgan fingerprint density at radius 1 is 1.17 bits per heavy atom. The number of halogens is 1. The number of methoxy groups -OCH3 is 1. The Labute approximate surface area is 145 Å². The SMILES string of the molecule is COCCOc1ccc(C(=O)NNC(=O)c2cccs2)cc1Br. The van der Waals surface area contributed by atoms with Gasteiger partial charge >= 0.3 is 0 Å². The lowest BCUT2D eigenvalue weighted by molar-refractivity contribution is 0.0849. The molecule has 1 heterocycles. The first-order chi connectivity index (χ1) is 11.1. The zero-order valence-corrected chi connectivity index (χ0v) is 14.7. The van der Waals surface area contributed by atoms with E-state index in [0.29, 0.717) is 33.9 Å². The van der Waals surface area contributed by atoms with Crippen LogP contribution in [0.3, 0.4) is 0 Å². The van der Waals surface area contributed by atoms with Crippen molar-refractivity contribution < 1.29 is 19.1 Å². The first kappa shape index (κ1) is 17.5. The van der Waals surface area contributed by atoms with Gasteiger partial charge in [-0.05, 0) is 45.6 Å². The van der Waals surface area contributed by atoms with Gasteiger partial charge in [0.15, 0.2) is 0 Å². The van der Waals surface area contributed by atoms with Crippen molar-refractivity contribution >= 4 is 39.1 Å². The molecule has 0 unspecified atom stereocenters. The fraction of sp³-hybridized carbons (Fsp3) is 0.200. The number of benzene rings is 1. The molecule has 122 valence electrons. The summed E-state index contributed by atoms with van der Waals surface area (Å²) < 4.78 is 11.0. The number of amides is 2. The van der Waals surface area contributed by atoms with Crippen LogP contribution in [0.4, 0.5) is 0 Å². The van der Waals surface area contributed by atoms with Crippen molar-refractivity contribution in [2.24, 2.45) is 0 Å². The molecule has 0 bridgehead atoms. The summed E-state index contributed by atoms with van der Waals surface area (Å²) in [6.07, 6.45) is 0. The van der Waals surface area contributed by atoms with Gasteiger partial charge in [-0.3, -0.25) is 20.4 Å². The summed E-state index contributed by atoms with van der Waals surface area (Å²) in [6.45, 7) is 0.890. The third-order valence-electron chi connectivity index (χ3n) is 2.77. The minimum Gasteiger partial charge on any atom is -0.490 e. The largest absolute Gasteiger partial charge is 0.490 e. The lowest BCUT2D eigenvalue weighted by Crippen LogP contribution is -2.41. The average molecular weight is 399 g/mol. The molecule has 1 aromatic heterocycles. The summed E-state index contributed by atoms with van der Waals surface area (Å²) in [7, 11) is 1.59. The summed E-state index contributed by atoms with van der Waals surface area (Å²) in [5.41, 5.74) is 5.13. The molecule has 6 nitrogen and oxygen atoms in total. The fourth-order valence-electron chi connectivity index (χ4n) is 1.65. The van der Waals surface area contributed by atoms with Crippen LogP contribution in [-0.4, -0.2) is 32.1 Å². The zero-order chi connectivity index (χ0) is 16.7. The molecule has 0 fully saturated rings. The second-order valence-electron chi connectivity index (χ2n) is 4.37. The molecule has 23 heavy (non-hydrogen) atoms. The molecule has 2 aromatic rings. The highest BCUT2D eigenvalue weighted by molar-refractivity contribution is 9.10. The highest BCUT2D eigenvalue weighted by Crippen LogP contribution is 2.25. The molecule has 0 atom stereocenters. The number of hydrogen-bond donors (Lipinski definition) is 2. The average Bonchev–Trinajstić information content (AvgIpc) is 3.08. The minimum absolute atomic E-state index is 0.355. The predicted octanol–water partition coefficient (Wildman–Crippen LogP) is 2.61. The Bertz CT molecular complexity index is 676. The van der Waals surface area contributed by atoms with Crippen molar-refractivity contribution in [1.29, 1.82) is 0 Å². The Morgan fingerprint density at radius 3 is 2.61 bits per heavy atom. The van der Waals surface area contributed by atoms with Gasteiger partial charge in [-0.1, -0.05) is 6.07 Å². The van der Waals surface area contributed by atoms with E-state index in [-0.39, 0.29) is 5.91 Å². The summed E-state index contributed by atoms with van der Waals surface area (Å²) in [6, 6.07) is 8.35. The second-order valence-corrected chi connectivity index (χ2v) is 6.17. The van der Waals surface area contributed by atoms with Crippen LogP contribution in [0, 0.1) is 0 Å². The van der Waals surface area contributed by atoms with Crippen LogP contribution in [0.2, 0.25) is 0 Å². The molecular formula is C15H15BrN2O4S. The van der Waals surface area contributed by atoms with Crippen LogP contribution in [0.1, 0.15) is 20.0 Å². The number of nitrogens with one attached hydrogen (secondary N) is 2. The van der Waals surface area contributed by atoms with Crippen molar-refractivity contribution in [1.82, 2.24) is 10.9 Å².